The molecule has 2 aromatic rings. The lowest BCUT2D eigenvalue weighted by molar-refractivity contribution is 1.12. The maximum Gasteiger partial charge on any atom is 0.0651 e. The second-order valence-electron chi connectivity index (χ2n) is 2.10. The Bertz CT molecular complexity index is 354. The number of aromatic amines is 1. The molecule has 1 heterocycles. The zero-order valence-corrected chi connectivity index (χ0v) is 7.89. The summed E-state index contributed by atoms with van der Waals surface area (Å²) < 4.78 is 0. The predicted molar refractivity (Wildman–Crippen MR) is 52.5 cm³/mol. The Balaban J connectivity index is 0.000000336. The van der Waals surface area contributed by atoms with E-state index in [0.717, 1.165) is 15.9 Å². The number of hydrogen-bond acceptors (Lipinski definition) is 1. The third-order valence-electron chi connectivity index (χ3n) is 1.40. The number of nitrogens with one attached hydrogen (secondary N) is 1. The number of aromatic nitrogens is 2. The molecule has 1 aromatic carbocycles. The first-order valence-corrected chi connectivity index (χ1v) is 4.33. The molecule has 0 aliphatic carbocycles. The Morgan fingerprint density at radius 1 is 1.33 bits per heavy atom. The van der Waals surface area contributed by atoms with Gasteiger partial charge in [0.1, 0.15) is 0 Å². The van der Waals surface area contributed by atoms with E-state index >= 15 is 0 Å². The molecule has 0 aliphatic rings. The van der Waals surface area contributed by atoms with E-state index in [9.17, 15) is 0 Å². The van der Waals surface area contributed by atoms with Gasteiger partial charge in [-0.3, -0.25) is 5.10 Å². The third-order valence-corrected chi connectivity index (χ3v) is 1.64. The van der Waals surface area contributed by atoms with Crippen molar-refractivity contribution in [3.05, 3.63) is 29.4 Å². The van der Waals surface area contributed by atoms with Gasteiger partial charge in [-0.1, -0.05) is 25.4 Å². The molecule has 0 aliphatic heterocycles. The summed E-state index contributed by atoms with van der Waals surface area (Å²) in [6.07, 6.45) is 1.75. The molecular formula is C9H11ClN2. The number of H-pyrrole nitrogens is 1. The second-order valence-corrected chi connectivity index (χ2v) is 2.54. The summed E-state index contributed by atoms with van der Waals surface area (Å²) in [4.78, 5) is 0. The summed E-state index contributed by atoms with van der Waals surface area (Å²) >= 11 is 5.73. The zero-order valence-electron chi connectivity index (χ0n) is 7.13. The van der Waals surface area contributed by atoms with E-state index in [4.69, 9.17) is 11.6 Å². The lowest BCUT2D eigenvalue weighted by Gasteiger charge is -1.87. The molecule has 1 N–H and O–H groups in total. The Morgan fingerprint density at radius 3 is 2.83 bits per heavy atom. The molecule has 0 atom stereocenters. The minimum atomic E-state index is 0.744. The van der Waals surface area contributed by atoms with Crippen molar-refractivity contribution in [2.45, 2.75) is 13.8 Å². The fourth-order valence-corrected chi connectivity index (χ4v) is 1.09. The molecule has 2 nitrogen and oxygen atoms in total. The summed E-state index contributed by atoms with van der Waals surface area (Å²) in [6.45, 7) is 4.00. The van der Waals surface area contributed by atoms with Crippen molar-refractivity contribution in [2.75, 3.05) is 0 Å². The zero-order chi connectivity index (χ0) is 8.97. The number of halogens is 1. The SMILES string of the molecule is CC.Clc1ccc2[nH]ncc2c1. The monoisotopic (exact) mass is 182 g/mol. The molecule has 0 bridgehead atoms. The van der Waals surface area contributed by atoms with Crippen LogP contribution in [0, 0.1) is 0 Å². The number of nitrogens with zero attached hydrogens (tertiary/aromatic N) is 1. The fourth-order valence-electron chi connectivity index (χ4n) is 0.914. The maximum absolute atomic E-state index is 5.73. The van der Waals surface area contributed by atoms with Gasteiger partial charge in [-0.05, 0) is 18.2 Å². The lowest BCUT2D eigenvalue weighted by Crippen LogP contribution is -1.66. The number of rotatable bonds is 0. The highest BCUT2D eigenvalue weighted by atomic mass is 35.5. The van der Waals surface area contributed by atoms with Crippen LogP contribution in [-0.4, -0.2) is 10.2 Å². The van der Waals surface area contributed by atoms with E-state index in [1.807, 2.05) is 32.0 Å². The molecular weight excluding hydrogens is 172 g/mol. The van der Waals surface area contributed by atoms with Gasteiger partial charge in [0.25, 0.3) is 0 Å². The van der Waals surface area contributed by atoms with E-state index in [-0.39, 0.29) is 0 Å². The quantitative estimate of drug-likeness (QED) is 0.666. The molecule has 12 heavy (non-hydrogen) atoms. The van der Waals surface area contributed by atoms with Gasteiger partial charge in [-0.2, -0.15) is 5.10 Å². The van der Waals surface area contributed by atoms with Crippen molar-refractivity contribution in [3.63, 3.8) is 0 Å². The molecule has 0 saturated heterocycles. The Morgan fingerprint density at radius 2 is 2.08 bits per heavy atom. The van der Waals surface area contributed by atoms with Gasteiger partial charge >= 0.3 is 0 Å². The molecule has 0 fully saturated rings. The first kappa shape index (κ1) is 9.07. The largest absolute Gasteiger partial charge is 0.278 e. The maximum atomic E-state index is 5.73. The first-order chi connectivity index (χ1) is 5.86. The summed E-state index contributed by atoms with van der Waals surface area (Å²) in [5.74, 6) is 0. The first-order valence-electron chi connectivity index (χ1n) is 3.95. The molecule has 0 spiro atoms. The third kappa shape index (κ3) is 1.77. The number of hydrogen-bond donors (Lipinski definition) is 1. The van der Waals surface area contributed by atoms with Gasteiger partial charge in [0.05, 0.1) is 11.7 Å². The van der Waals surface area contributed by atoms with Crippen LogP contribution in [-0.2, 0) is 0 Å². The lowest BCUT2D eigenvalue weighted by atomic mass is 10.3. The molecule has 3 heteroatoms. The minimum Gasteiger partial charge on any atom is -0.278 e. The van der Waals surface area contributed by atoms with E-state index in [0.29, 0.717) is 0 Å². The van der Waals surface area contributed by atoms with Gasteiger partial charge in [0.2, 0.25) is 0 Å². The van der Waals surface area contributed by atoms with Gasteiger partial charge in [0.15, 0.2) is 0 Å². The van der Waals surface area contributed by atoms with Crippen LogP contribution >= 0.6 is 11.6 Å². The number of fused-ring (bicyclic) bond motifs is 1. The highest BCUT2D eigenvalue weighted by molar-refractivity contribution is 6.31. The molecule has 0 amide bonds. The summed E-state index contributed by atoms with van der Waals surface area (Å²) in [5.41, 5.74) is 1.02. The Labute approximate surface area is 76.5 Å². The second kappa shape index (κ2) is 4.12. The Kier molecular flexibility index (Phi) is 3.11. The molecule has 0 unspecified atom stereocenters. The van der Waals surface area contributed by atoms with Crippen molar-refractivity contribution in [3.8, 4) is 0 Å². The van der Waals surface area contributed by atoms with Gasteiger partial charge in [-0.25, -0.2) is 0 Å². The fraction of sp³-hybridized carbons (Fsp3) is 0.222. The van der Waals surface area contributed by atoms with Crippen LogP contribution in [0.4, 0.5) is 0 Å². The van der Waals surface area contributed by atoms with Gasteiger partial charge < -0.3 is 0 Å². The molecule has 0 saturated carbocycles. The van der Waals surface area contributed by atoms with Crippen LogP contribution in [0.25, 0.3) is 10.9 Å². The van der Waals surface area contributed by atoms with E-state index < -0.39 is 0 Å². The predicted octanol–water partition coefficient (Wildman–Crippen LogP) is 3.24. The average molecular weight is 183 g/mol. The van der Waals surface area contributed by atoms with Crippen molar-refractivity contribution in [1.82, 2.24) is 10.2 Å². The van der Waals surface area contributed by atoms with E-state index in [2.05, 4.69) is 10.2 Å². The van der Waals surface area contributed by atoms with Crippen molar-refractivity contribution in [1.29, 1.82) is 0 Å². The van der Waals surface area contributed by atoms with Crippen molar-refractivity contribution >= 4 is 22.5 Å². The van der Waals surface area contributed by atoms with Crippen molar-refractivity contribution in [2.24, 2.45) is 0 Å². The van der Waals surface area contributed by atoms with E-state index in [1.54, 1.807) is 6.20 Å². The van der Waals surface area contributed by atoms with Crippen LogP contribution in [0.5, 0.6) is 0 Å². The number of benzene rings is 1. The van der Waals surface area contributed by atoms with Crippen LogP contribution in [0.2, 0.25) is 5.02 Å². The van der Waals surface area contributed by atoms with Crippen LogP contribution in [0.1, 0.15) is 13.8 Å². The normalized spacial score (nSPS) is 9.25. The average Bonchev–Trinajstić information content (AvgIpc) is 2.54. The highest BCUT2D eigenvalue weighted by Gasteiger charge is 1.93. The Hall–Kier alpha value is -1.02. The van der Waals surface area contributed by atoms with Crippen LogP contribution < -0.4 is 0 Å². The summed E-state index contributed by atoms with van der Waals surface area (Å²) in [7, 11) is 0. The van der Waals surface area contributed by atoms with Gasteiger partial charge in [0, 0.05) is 10.4 Å². The highest BCUT2D eigenvalue weighted by Crippen LogP contribution is 2.15. The smallest absolute Gasteiger partial charge is 0.0651 e. The summed E-state index contributed by atoms with van der Waals surface area (Å²) in [6, 6.07) is 5.62. The molecule has 0 radical (unpaired) electrons. The minimum absolute atomic E-state index is 0.744. The molecule has 2 rings (SSSR count). The standard InChI is InChI=1S/C7H5ClN2.C2H6/c8-6-1-2-7-5(3-6)4-9-10-7;1-2/h1-4H,(H,9,10);1-2H3. The van der Waals surface area contributed by atoms with Crippen LogP contribution in [0.15, 0.2) is 24.4 Å². The van der Waals surface area contributed by atoms with E-state index in [1.165, 1.54) is 0 Å². The van der Waals surface area contributed by atoms with Crippen molar-refractivity contribution < 1.29 is 0 Å². The van der Waals surface area contributed by atoms with Gasteiger partial charge in [-0.15, -0.1) is 0 Å². The molecule has 64 valence electrons. The van der Waals surface area contributed by atoms with Crippen LogP contribution in [0.3, 0.4) is 0 Å². The topological polar surface area (TPSA) is 28.7 Å². The molecule has 1 aromatic heterocycles. The summed E-state index contributed by atoms with van der Waals surface area (Å²) in [5, 5.41) is 8.49.